The molecular weight excluding hydrogens is 230 g/mol. The summed E-state index contributed by atoms with van der Waals surface area (Å²) in [5.74, 6) is -0.259. The maximum atomic E-state index is 11.7. The molecule has 0 aliphatic rings. The van der Waals surface area contributed by atoms with Crippen molar-refractivity contribution >= 4 is 5.97 Å². The van der Waals surface area contributed by atoms with E-state index in [2.05, 4.69) is 4.98 Å². The van der Waals surface area contributed by atoms with Crippen LogP contribution < -0.4 is 0 Å². The fourth-order valence-corrected chi connectivity index (χ4v) is 1.84. The van der Waals surface area contributed by atoms with Crippen molar-refractivity contribution in [3.63, 3.8) is 0 Å². The number of aromatic nitrogens is 3. The van der Waals surface area contributed by atoms with Crippen LogP contribution in [-0.4, -0.2) is 26.7 Å². The number of hydrogen-bond donors (Lipinski definition) is 0. The van der Waals surface area contributed by atoms with E-state index in [4.69, 9.17) is 4.74 Å². The van der Waals surface area contributed by atoms with Gasteiger partial charge in [-0.2, -0.15) is 0 Å². The van der Waals surface area contributed by atoms with Crippen molar-refractivity contribution in [2.24, 2.45) is 0 Å². The molecule has 0 bridgehead atoms. The molecule has 0 N–H and O–H groups in total. The van der Waals surface area contributed by atoms with Crippen LogP contribution in [0.3, 0.4) is 0 Å². The van der Waals surface area contributed by atoms with Crippen LogP contribution in [0.5, 0.6) is 0 Å². The van der Waals surface area contributed by atoms with Crippen LogP contribution in [-0.2, 0) is 17.8 Å². The van der Waals surface area contributed by atoms with Gasteiger partial charge in [-0.15, -0.1) is 0 Å². The average Bonchev–Trinajstić information content (AvgIpc) is 3.00. The van der Waals surface area contributed by atoms with Crippen LogP contribution in [0.25, 0.3) is 0 Å². The quantitative estimate of drug-likeness (QED) is 0.733. The Morgan fingerprint density at radius 3 is 3.00 bits per heavy atom. The van der Waals surface area contributed by atoms with E-state index in [0.717, 1.165) is 19.5 Å². The molecule has 0 radical (unpaired) electrons. The molecular formula is C13H17N3O2. The maximum Gasteiger partial charge on any atom is 0.354 e. The monoisotopic (exact) mass is 247 g/mol. The van der Waals surface area contributed by atoms with Gasteiger partial charge in [0.25, 0.3) is 0 Å². The molecule has 96 valence electrons. The molecule has 0 aliphatic carbocycles. The molecule has 0 amide bonds. The van der Waals surface area contributed by atoms with Gasteiger partial charge in [-0.1, -0.05) is 0 Å². The topological polar surface area (TPSA) is 49.0 Å². The summed E-state index contributed by atoms with van der Waals surface area (Å²) >= 11 is 0. The lowest BCUT2D eigenvalue weighted by Gasteiger charge is -2.08. The molecule has 0 saturated heterocycles. The van der Waals surface area contributed by atoms with Crippen LogP contribution in [0.4, 0.5) is 0 Å². The zero-order valence-corrected chi connectivity index (χ0v) is 10.5. The van der Waals surface area contributed by atoms with Gasteiger partial charge in [-0.05, 0) is 25.5 Å². The molecule has 5 nitrogen and oxygen atoms in total. The third-order valence-electron chi connectivity index (χ3n) is 2.69. The molecule has 5 heteroatoms. The number of hydrogen-bond acceptors (Lipinski definition) is 3. The van der Waals surface area contributed by atoms with E-state index in [-0.39, 0.29) is 5.97 Å². The van der Waals surface area contributed by atoms with Gasteiger partial charge in [0.15, 0.2) is 0 Å². The van der Waals surface area contributed by atoms with Gasteiger partial charge in [0, 0.05) is 31.7 Å². The standard InChI is InChI=1S/C13H17N3O2/c1-2-18-13(17)12-5-3-8-16(12)9-4-7-15-10-6-14-11-15/h3,5-6,8,10-11H,2,4,7,9H2,1H3. The first-order valence-corrected chi connectivity index (χ1v) is 6.09. The molecule has 0 aromatic carbocycles. The fraction of sp³-hybridized carbons (Fsp3) is 0.385. The third-order valence-corrected chi connectivity index (χ3v) is 2.69. The van der Waals surface area contributed by atoms with Crippen LogP contribution in [0.1, 0.15) is 23.8 Å². The van der Waals surface area contributed by atoms with Crippen LogP contribution in [0.2, 0.25) is 0 Å². The molecule has 0 unspecified atom stereocenters. The highest BCUT2D eigenvalue weighted by molar-refractivity contribution is 5.87. The lowest BCUT2D eigenvalue weighted by Crippen LogP contribution is -2.12. The highest BCUT2D eigenvalue weighted by Gasteiger charge is 2.10. The Bertz CT molecular complexity index is 488. The summed E-state index contributed by atoms with van der Waals surface area (Å²) in [4.78, 5) is 15.7. The van der Waals surface area contributed by atoms with Gasteiger partial charge in [-0.3, -0.25) is 0 Å². The first-order chi connectivity index (χ1) is 8.81. The number of ether oxygens (including phenoxy) is 1. The van der Waals surface area contributed by atoms with E-state index < -0.39 is 0 Å². The van der Waals surface area contributed by atoms with E-state index in [0.29, 0.717) is 12.3 Å². The number of nitrogens with zero attached hydrogens (tertiary/aromatic N) is 3. The third kappa shape index (κ3) is 3.00. The Balaban J connectivity index is 1.89. The predicted octanol–water partition coefficient (Wildman–Crippen LogP) is 1.95. The van der Waals surface area contributed by atoms with E-state index >= 15 is 0 Å². The molecule has 2 aromatic rings. The predicted molar refractivity (Wildman–Crippen MR) is 67.2 cm³/mol. The summed E-state index contributed by atoms with van der Waals surface area (Å²) < 4.78 is 8.95. The summed E-state index contributed by atoms with van der Waals surface area (Å²) in [5.41, 5.74) is 0.613. The number of carbonyl (C=O) groups excluding carboxylic acids is 1. The molecule has 18 heavy (non-hydrogen) atoms. The zero-order chi connectivity index (χ0) is 12.8. The molecule has 2 heterocycles. The molecule has 0 atom stereocenters. The first-order valence-electron chi connectivity index (χ1n) is 6.09. The summed E-state index contributed by atoms with van der Waals surface area (Å²) in [6, 6.07) is 3.65. The van der Waals surface area contributed by atoms with E-state index in [9.17, 15) is 4.79 Å². The molecule has 2 rings (SSSR count). The number of aryl methyl sites for hydroxylation is 2. The van der Waals surface area contributed by atoms with Crippen LogP contribution >= 0.6 is 0 Å². The molecule has 2 aromatic heterocycles. The second kappa shape index (κ2) is 6.05. The van der Waals surface area contributed by atoms with Crippen molar-refractivity contribution in [2.75, 3.05) is 6.61 Å². The van der Waals surface area contributed by atoms with Gasteiger partial charge >= 0.3 is 5.97 Å². The van der Waals surface area contributed by atoms with Crippen molar-refractivity contribution in [3.8, 4) is 0 Å². The van der Waals surface area contributed by atoms with Crippen molar-refractivity contribution in [1.82, 2.24) is 14.1 Å². The summed E-state index contributed by atoms with van der Waals surface area (Å²) in [5, 5.41) is 0. The molecule has 0 spiro atoms. The first kappa shape index (κ1) is 12.4. The van der Waals surface area contributed by atoms with Crippen LogP contribution in [0, 0.1) is 0 Å². The lowest BCUT2D eigenvalue weighted by molar-refractivity contribution is 0.0513. The largest absolute Gasteiger partial charge is 0.461 e. The number of imidazole rings is 1. The highest BCUT2D eigenvalue weighted by Crippen LogP contribution is 2.06. The van der Waals surface area contributed by atoms with Crippen molar-refractivity contribution in [3.05, 3.63) is 42.7 Å². The van der Waals surface area contributed by atoms with Gasteiger partial charge in [0.1, 0.15) is 5.69 Å². The molecule has 0 saturated carbocycles. The summed E-state index contributed by atoms with van der Waals surface area (Å²) in [6.07, 6.45) is 8.33. The fourth-order valence-electron chi connectivity index (χ4n) is 1.84. The van der Waals surface area contributed by atoms with Crippen molar-refractivity contribution < 1.29 is 9.53 Å². The maximum absolute atomic E-state index is 11.7. The Morgan fingerprint density at radius 2 is 2.28 bits per heavy atom. The van der Waals surface area contributed by atoms with Crippen LogP contribution in [0.15, 0.2) is 37.1 Å². The lowest BCUT2D eigenvalue weighted by atomic mass is 10.4. The van der Waals surface area contributed by atoms with Gasteiger partial charge in [-0.25, -0.2) is 9.78 Å². The van der Waals surface area contributed by atoms with Gasteiger partial charge in [0.2, 0.25) is 0 Å². The van der Waals surface area contributed by atoms with Gasteiger partial charge in [0.05, 0.1) is 12.9 Å². The molecule has 0 fully saturated rings. The Morgan fingerprint density at radius 1 is 1.39 bits per heavy atom. The second-order valence-corrected chi connectivity index (χ2v) is 3.96. The smallest absolute Gasteiger partial charge is 0.354 e. The number of carbonyl (C=O) groups is 1. The number of rotatable bonds is 6. The second-order valence-electron chi connectivity index (χ2n) is 3.96. The summed E-state index contributed by atoms with van der Waals surface area (Å²) in [6.45, 7) is 3.89. The average molecular weight is 247 g/mol. The van der Waals surface area contributed by atoms with Crippen molar-refractivity contribution in [1.29, 1.82) is 0 Å². The normalized spacial score (nSPS) is 10.5. The highest BCUT2D eigenvalue weighted by atomic mass is 16.5. The van der Waals surface area contributed by atoms with Crippen molar-refractivity contribution in [2.45, 2.75) is 26.4 Å². The number of esters is 1. The summed E-state index contributed by atoms with van der Waals surface area (Å²) in [7, 11) is 0. The zero-order valence-electron chi connectivity index (χ0n) is 10.5. The minimum atomic E-state index is -0.259. The van der Waals surface area contributed by atoms with E-state index in [1.165, 1.54) is 0 Å². The molecule has 0 aliphatic heterocycles. The Labute approximate surface area is 106 Å². The van der Waals surface area contributed by atoms with Gasteiger partial charge < -0.3 is 13.9 Å². The Hall–Kier alpha value is -2.04. The van der Waals surface area contributed by atoms with E-state index in [1.807, 2.05) is 34.5 Å². The Kier molecular flexibility index (Phi) is 4.17. The SMILES string of the molecule is CCOC(=O)c1cccn1CCCn1ccnc1. The van der Waals surface area contributed by atoms with E-state index in [1.54, 1.807) is 18.6 Å². The minimum absolute atomic E-state index is 0.259. The minimum Gasteiger partial charge on any atom is -0.461 e.